The average Bonchev–Trinajstić information content (AvgIpc) is 2.67. The third-order valence-electron chi connectivity index (χ3n) is 4.03. The van der Waals surface area contributed by atoms with Gasteiger partial charge < -0.3 is 9.67 Å². The van der Waals surface area contributed by atoms with E-state index in [1.807, 2.05) is 26.0 Å². The van der Waals surface area contributed by atoms with Gasteiger partial charge in [-0.2, -0.15) is 0 Å². The smallest absolute Gasteiger partial charge is 0.178 e. The Morgan fingerprint density at radius 1 is 1.55 bits per heavy atom. The number of β-amino-alcohol motifs (C(OH)–C–C–N with tert-alkyl or cyclic N) is 1. The van der Waals surface area contributed by atoms with Crippen molar-refractivity contribution >= 4 is 5.78 Å². The first kappa shape index (κ1) is 15.0. The zero-order valence-electron chi connectivity index (χ0n) is 12.4. The average molecular weight is 276 g/mol. The highest BCUT2D eigenvalue weighted by Crippen LogP contribution is 2.17. The van der Waals surface area contributed by atoms with Crippen LogP contribution in [0.25, 0.3) is 0 Å². The fourth-order valence-corrected chi connectivity index (χ4v) is 2.96. The van der Waals surface area contributed by atoms with Crippen LogP contribution in [0.3, 0.4) is 0 Å². The minimum absolute atomic E-state index is 0.141. The monoisotopic (exact) mass is 276 g/mol. The van der Waals surface area contributed by atoms with Gasteiger partial charge in [0.2, 0.25) is 0 Å². The largest absolute Gasteiger partial charge is 0.392 e. The normalized spacial score (nSPS) is 20.1. The topological polar surface area (TPSA) is 45.5 Å². The number of likely N-dealkylation sites (tertiary alicyclic amines) is 1. The first-order chi connectivity index (χ1) is 9.52. The van der Waals surface area contributed by atoms with Crippen LogP contribution in [0.4, 0.5) is 0 Å². The summed E-state index contributed by atoms with van der Waals surface area (Å²) >= 11 is 0. The third kappa shape index (κ3) is 3.19. The van der Waals surface area contributed by atoms with E-state index < -0.39 is 0 Å². The van der Waals surface area contributed by atoms with Crippen LogP contribution >= 0.6 is 0 Å². The number of carbonyl (C=O) groups excluding carboxylic acids is 1. The summed E-state index contributed by atoms with van der Waals surface area (Å²) in [5, 5.41) is 9.67. The number of aryl methyl sites for hydroxylation is 1. The molecule has 1 atom stereocenters. The molecule has 2 rings (SSSR count). The molecule has 1 aliphatic rings. The summed E-state index contributed by atoms with van der Waals surface area (Å²) in [4.78, 5) is 14.5. The number of hydrogen-bond donors (Lipinski definition) is 1. The fourth-order valence-electron chi connectivity index (χ4n) is 2.96. The maximum Gasteiger partial charge on any atom is 0.178 e. The summed E-state index contributed by atoms with van der Waals surface area (Å²) in [6.07, 6.45) is 3.36. The van der Waals surface area contributed by atoms with Crippen LogP contribution in [-0.2, 0) is 6.54 Å². The molecule has 0 spiro atoms. The minimum atomic E-state index is -0.287. The second kappa shape index (κ2) is 6.37. The van der Waals surface area contributed by atoms with Crippen LogP contribution in [0.2, 0.25) is 0 Å². The molecular formula is C16H24N2O2. The number of carbonyl (C=O) groups is 1. The number of ketones is 1. The van der Waals surface area contributed by atoms with Crippen molar-refractivity contribution in [2.75, 3.05) is 19.6 Å². The van der Waals surface area contributed by atoms with Crippen molar-refractivity contribution in [2.45, 2.75) is 39.3 Å². The number of Topliss-reactive ketones (excluding diaryl/α,β-unsaturated/α-hetero) is 1. The van der Waals surface area contributed by atoms with Gasteiger partial charge in [0.25, 0.3) is 0 Å². The summed E-state index contributed by atoms with van der Waals surface area (Å²) < 4.78 is 2.10. The predicted molar refractivity (Wildman–Crippen MR) is 80.1 cm³/mol. The Kier molecular flexibility index (Phi) is 4.78. The van der Waals surface area contributed by atoms with Crippen molar-refractivity contribution in [3.63, 3.8) is 0 Å². The number of allylic oxidation sites excluding steroid dienone is 1. The standard InChI is InChI=1S/C16H24N2O2/c1-4-7-18-12(2)9-15(13(18)3)16(20)11-17-8-5-6-14(19)10-17/h4,9,14,19H,1,5-8,10-11H2,2-3H3. The van der Waals surface area contributed by atoms with Crippen molar-refractivity contribution in [3.8, 4) is 0 Å². The van der Waals surface area contributed by atoms with Gasteiger partial charge in [0.15, 0.2) is 5.78 Å². The zero-order chi connectivity index (χ0) is 14.7. The van der Waals surface area contributed by atoms with Gasteiger partial charge in [0.1, 0.15) is 0 Å². The van der Waals surface area contributed by atoms with Crippen molar-refractivity contribution in [2.24, 2.45) is 0 Å². The molecule has 1 unspecified atom stereocenters. The lowest BCUT2D eigenvalue weighted by molar-refractivity contribution is 0.0634. The highest BCUT2D eigenvalue weighted by atomic mass is 16.3. The maximum absolute atomic E-state index is 12.4. The lowest BCUT2D eigenvalue weighted by Crippen LogP contribution is -2.41. The minimum Gasteiger partial charge on any atom is -0.392 e. The van der Waals surface area contributed by atoms with Gasteiger partial charge in [-0.3, -0.25) is 9.69 Å². The number of aliphatic hydroxyl groups is 1. The van der Waals surface area contributed by atoms with Gasteiger partial charge in [-0.1, -0.05) is 6.08 Å². The molecule has 20 heavy (non-hydrogen) atoms. The zero-order valence-corrected chi connectivity index (χ0v) is 12.4. The van der Waals surface area contributed by atoms with Crippen LogP contribution in [0.1, 0.15) is 34.6 Å². The lowest BCUT2D eigenvalue weighted by atomic mass is 10.1. The van der Waals surface area contributed by atoms with E-state index in [1.54, 1.807) is 0 Å². The summed E-state index contributed by atoms with van der Waals surface area (Å²) in [6, 6.07) is 1.96. The molecule has 1 fully saturated rings. The van der Waals surface area contributed by atoms with Crippen molar-refractivity contribution in [1.82, 2.24) is 9.47 Å². The van der Waals surface area contributed by atoms with E-state index in [2.05, 4.69) is 16.0 Å². The molecule has 4 heteroatoms. The molecule has 4 nitrogen and oxygen atoms in total. The number of nitrogens with zero attached hydrogens (tertiary/aromatic N) is 2. The molecule has 0 amide bonds. The Labute approximate surface area is 120 Å². The molecular weight excluding hydrogens is 252 g/mol. The second-order valence-corrected chi connectivity index (χ2v) is 5.64. The van der Waals surface area contributed by atoms with E-state index in [0.717, 1.165) is 42.9 Å². The molecule has 1 aromatic rings. The van der Waals surface area contributed by atoms with Gasteiger partial charge in [0.05, 0.1) is 12.6 Å². The summed E-state index contributed by atoms with van der Waals surface area (Å²) in [7, 11) is 0. The van der Waals surface area contributed by atoms with Crippen LogP contribution in [0, 0.1) is 13.8 Å². The molecule has 1 N–H and O–H groups in total. The van der Waals surface area contributed by atoms with Crippen LogP contribution in [0.15, 0.2) is 18.7 Å². The van der Waals surface area contributed by atoms with E-state index in [1.165, 1.54) is 0 Å². The number of hydrogen-bond acceptors (Lipinski definition) is 3. The van der Waals surface area contributed by atoms with Gasteiger partial charge >= 0.3 is 0 Å². The van der Waals surface area contributed by atoms with E-state index in [0.29, 0.717) is 13.1 Å². The SMILES string of the molecule is C=CCn1c(C)cc(C(=O)CN2CCCC(O)C2)c1C. The Hall–Kier alpha value is -1.39. The molecule has 1 saturated heterocycles. The quantitative estimate of drug-likeness (QED) is 0.660. The first-order valence-electron chi connectivity index (χ1n) is 7.24. The van der Waals surface area contributed by atoms with Crippen molar-refractivity contribution < 1.29 is 9.90 Å². The van der Waals surface area contributed by atoms with Crippen LogP contribution in [-0.4, -0.2) is 46.1 Å². The molecule has 1 aromatic heterocycles. The van der Waals surface area contributed by atoms with E-state index in [9.17, 15) is 9.90 Å². The van der Waals surface area contributed by atoms with Gasteiger partial charge in [-0.05, 0) is 39.3 Å². The molecule has 0 radical (unpaired) electrons. The predicted octanol–water partition coefficient (Wildman–Crippen LogP) is 1.93. The second-order valence-electron chi connectivity index (χ2n) is 5.64. The Morgan fingerprint density at radius 3 is 2.95 bits per heavy atom. The highest BCUT2D eigenvalue weighted by Gasteiger charge is 2.22. The van der Waals surface area contributed by atoms with Crippen LogP contribution in [0.5, 0.6) is 0 Å². The molecule has 0 aliphatic carbocycles. The van der Waals surface area contributed by atoms with E-state index in [-0.39, 0.29) is 11.9 Å². The van der Waals surface area contributed by atoms with Crippen LogP contribution < -0.4 is 0 Å². The highest BCUT2D eigenvalue weighted by molar-refractivity contribution is 5.99. The Morgan fingerprint density at radius 2 is 2.30 bits per heavy atom. The van der Waals surface area contributed by atoms with Gasteiger partial charge in [0, 0.05) is 30.0 Å². The summed E-state index contributed by atoms with van der Waals surface area (Å²) in [5.41, 5.74) is 2.89. The fraction of sp³-hybridized carbons (Fsp3) is 0.562. The first-order valence-corrected chi connectivity index (χ1v) is 7.24. The maximum atomic E-state index is 12.4. The van der Waals surface area contributed by atoms with Gasteiger partial charge in [-0.25, -0.2) is 0 Å². The Bertz CT molecular complexity index is 505. The van der Waals surface area contributed by atoms with E-state index >= 15 is 0 Å². The number of aliphatic hydroxyl groups excluding tert-OH is 1. The summed E-state index contributed by atoms with van der Waals surface area (Å²) in [5.74, 6) is 0.141. The molecule has 110 valence electrons. The van der Waals surface area contributed by atoms with Crippen molar-refractivity contribution in [3.05, 3.63) is 35.7 Å². The van der Waals surface area contributed by atoms with Crippen molar-refractivity contribution in [1.29, 1.82) is 0 Å². The molecule has 1 aliphatic heterocycles. The summed E-state index contributed by atoms with van der Waals surface area (Å²) in [6.45, 7) is 10.4. The Balaban J connectivity index is 2.09. The molecule has 0 saturated carbocycles. The van der Waals surface area contributed by atoms with E-state index in [4.69, 9.17) is 0 Å². The lowest BCUT2D eigenvalue weighted by Gasteiger charge is -2.29. The number of rotatable bonds is 5. The molecule has 2 heterocycles. The molecule has 0 aromatic carbocycles. The molecule has 0 bridgehead atoms. The van der Waals surface area contributed by atoms with Gasteiger partial charge in [-0.15, -0.1) is 6.58 Å². The third-order valence-corrected chi connectivity index (χ3v) is 4.03. The number of aromatic nitrogens is 1. The number of piperidine rings is 1.